The normalized spacial score (nSPS) is 19.9. The molecular weight excluding hydrogens is 239 g/mol. The maximum atomic E-state index is 13.3. The van der Waals surface area contributed by atoms with E-state index in [-0.39, 0.29) is 11.8 Å². The fourth-order valence-corrected chi connectivity index (χ4v) is 2.09. The maximum absolute atomic E-state index is 13.3. The Morgan fingerprint density at radius 1 is 1.61 bits per heavy atom. The molecule has 18 heavy (non-hydrogen) atoms. The molecule has 0 spiro atoms. The van der Waals surface area contributed by atoms with Crippen molar-refractivity contribution in [1.29, 1.82) is 0 Å². The lowest BCUT2D eigenvalue weighted by atomic mass is 10.1. The van der Waals surface area contributed by atoms with Gasteiger partial charge < -0.3 is 9.64 Å². The van der Waals surface area contributed by atoms with Crippen LogP contribution in [0.2, 0.25) is 0 Å². The fourth-order valence-electron chi connectivity index (χ4n) is 2.09. The highest BCUT2D eigenvalue weighted by Gasteiger charge is 2.25. The summed E-state index contributed by atoms with van der Waals surface area (Å²) in [4.78, 5) is 12.3. The van der Waals surface area contributed by atoms with E-state index in [9.17, 15) is 14.5 Å². The molecule has 1 aromatic carbocycles. The first kappa shape index (κ1) is 12.8. The Hall–Kier alpha value is -1.69. The Balaban J connectivity index is 2.31. The van der Waals surface area contributed by atoms with Crippen LogP contribution >= 0.6 is 0 Å². The van der Waals surface area contributed by atoms with Crippen LogP contribution in [0.4, 0.5) is 15.8 Å². The third kappa shape index (κ3) is 2.59. The number of rotatable bonds is 3. The minimum Gasteiger partial charge on any atom is -0.375 e. The maximum Gasteiger partial charge on any atom is 0.292 e. The predicted molar refractivity (Wildman–Crippen MR) is 65.3 cm³/mol. The molecule has 1 saturated heterocycles. The Labute approximate surface area is 104 Å². The summed E-state index contributed by atoms with van der Waals surface area (Å²) < 4.78 is 18.8. The smallest absolute Gasteiger partial charge is 0.292 e. The number of nitro benzene ring substituents is 1. The van der Waals surface area contributed by atoms with Crippen LogP contribution in [-0.4, -0.2) is 30.7 Å². The van der Waals surface area contributed by atoms with Crippen LogP contribution in [0.15, 0.2) is 18.2 Å². The van der Waals surface area contributed by atoms with E-state index in [1.54, 1.807) is 0 Å². The molecule has 0 aliphatic carbocycles. The Bertz CT molecular complexity index is 453. The first-order valence-electron chi connectivity index (χ1n) is 5.92. The van der Waals surface area contributed by atoms with Gasteiger partial charge in [-0.05, 0) is 12.5 Å². The van der Waals surface area contributed by atoms with E-state index in [2.05, 4.69) is 0 Å². The minimum atomic E-state index is -0.481. The number of nitrogens with zero attached hydrogens (tertiary/aromatic N) is 2. The molecule has 1 heterocycles. The average molecular weight is 254 g/mol. The molecule has 5 nitrogen and oxygen atoms in total. The van der Waals surface area contributed by atoms with Gasteiger partial charge in [0.15, 0.2) is 0 Å². The summed E-state index contributed by atoms with van der Waals surface area (Å²) in [5.41, 5.74) is 0.273. The van der Waals surface area contributed by atoms with E-state index < -0.39 is 10.7 Å². The number of hydrogen-bond donors (Lipinski definition) is 0. The zero-order valence-electron chi connectivity index (χ0n) is 10.1. The number of halogens is 1. The van der Waals surface area contributed by atoms with Crippen molar-refractivity contribution < 1.29 is 14.1 Å². The van der Waals surface area contributed by atoms with Gasteiger partial charge in [-0.2, -0.15) is 0 Å². The van der Waals surface area contributed by atoms with Crippen molar-refractivity contribution in [2.75, 3.05) is 24.6 Å². The molecule has 98 valence electrons. The molecule has 1 fully saturated rings. The van der Waals surface area contributed by atoms with Gasteiger partial charge in [-0.1, -0.05) is 6.92 Å². The number of nitro groups is 1. The third-order valence-electron chi connectivity index (χ3n) is 3.07. The van der Waals surface area contributed by atoms with Crippen LogP contribution in [0.1, 0.15) is 13.3 Å². The van der Waals surface area contributed by atoms with Gasteiger partial charge in [-0.15, -0.1) is 0 Å². The summed E-state index contributed by atoms with van der Waals surface area (Å²) in [6, 6.07) is 3.54. The lowest BCUT2D eigenvalue weighted by molar-refractivity contribution is -0.384. The molecule has 1 atom stereocenters. The highest BCUT2D eigenvalue weighted by molar-refractivity contribution is 5.63. The van der Waals surface area contributed by atoms with E-state index in [1.165, 1.54) is 12.1 Å². The zero-order chi connectivity index (χ0) is 13.1. The van der Waals surface area contributed by atoms with Crippen LogP contribution in [0.5, 0.6) is 0 Å². The lowest BCUT2D eigenvalue weighted by Crippen LogP contribution is -2.42. The van der Waals surface area contributed by atoms with E-state index in [4.69, 9.17) is 4.74 Å². The number of anilines is 1. The molecule has 1 aromatic rings. The van der Waals surface area contributed by atoms with Crippen molar-refractivity contribution in [2.45, 2.75) is 19.4 Å². The molecule has 0 bridgehead atoms. The molecule has 1 aliphatic rings. The van der Waals surface area contributed by atoms with Gasteiger partial charge >= 0.3 is 0 Å². The second-order valence-electron chi connectivity index (χ2n) is 4.24. The molecule has 2 rings (SSSR count). The summed E-state index contributed by atoms with van der Waals surface area (Å²) >= 11 is 0. The first-order chi connectivity index (χ1) is 8.61. The van der Waals surface area contributed by atoms with Gasteiger partial charge in [-0.3, -0.25) is 10.1 Å². The SMILES string of the molecule is CCC1CN(c2cc(F)ccc2[N+](=O)[O-])CCO1. The van der Waals surface area contributed by atoms with Crippen LogP contribution in [0.25, 0.3) is 0 Å². The molecular formula is C12H15FN2O3. The molecule has 6 heteroatoms. The Kier molecular flexibility index (Phi) is 3.76. The van der Waals surface area contributed by atoms with E-state index in [0.717, 1.165) is 12.5 Å². The van der Waals surface area contributed by atoms with Gasteiger partial charge in [0.25, 0.3) is 5.69 Å². The highest BCUT2D eigenvalue weighted by Crippen LogP contribution is 2.30. The summed E-state index contributed by atoms with van der Waals surface area (Å²) in [6.07, 6.45) is 0.876. The molecule has 1 aliphatic heterocycles. The summed E-state index contributed by atoms with van der Waals surface area (Å²) in [5.74, 6) is -0.463. The number of benzene rings is 1. The molecule has 0 N–H and O–H groups in total. The van der Waals surface area contributed by atoms with Gasteiger partial charge in [-0.25, -0.2) is 4.39 Å². The van der Waals surface area contributed by atoms with Crippen LogP contribution in [0, 0.1) is 15.9 Å². The summed E-state index contributed by atoms with van der Waals surface area (Å²) in [6.45, 7) is 3.60. The van der Waals surface area contributed by atoms with Crippen molar-refractivity contribution in [3.05, 3.63) is 34.1 Å². The topological polar surface area (TPSA) is 55.6 Å². The minimum absolute atomic E-state index is 0.0432. The fraction of sp³-hybridized carbons (Fsp3) is 0.500. The largest absolute Gasteiger partial charge is 0.375 e. The predicted octanol–water partition coefficient (Wildman–Crippen LogP) is 2.35. The second-order valence-corrected chi connectivity index (χ2v) is 4.24. The Morgan fingerprint density at radius 2 is 2.39 bits per heavy atom. The summed E-state index contributed by atoms with van der Waals surface area (Å²) in [7, 11) is 0. The van der Waals surface area contributed by atoms with Crippen molar-refractivity contribution in [3.8, 4) is 0 Å². The van der Waals surface area contributed by atoms with Crippen LogP contribution in [0.3, 0.4) is 0 Å². The molecule has 0 aromatic heterocycles. The average Bonchev–Trinajstić information content (AvgIpc) is 2.38. The third-order valence-corrected chi connectivity index (χ3v) is 3.07. The molecule has 1 unspecified atom stereocenters. The number of ether oxygens (including phenoxy) is 1. The van der Waals surface area contributed by atoms with Gasteiger partial charge in [0.2, 0.25) is 0 Å². The molecule has 0 saturated carbocycles. The van der Waals surface area contributed by atoms with Crippen molar-refractivity contribution in [2.24, 2.45) is 0 Å². The molecule has 0 amide bonds. The van der Waals surface area contributed by atoms with E-state index in [0.29, 0.717) is 25.4 Å². The van der Waals surface area contributed by atoms with Crippen molar-refractivity contribution in [1.82, 2.24) is 0 Å². The van der Waals surface area contributed by atoms with Gasteiger partial charge in [0.1, 0.15) is 11.5 Å². The van der Waals surface area contributed by atoms with E-state index in [1.807, 2.05) is 11.8 Å². The molecule has 0 radical (unpaired) electrons. The van der Waals surface area contributed by atoms with Crippen molar-refractivity contribution in [3.63, 3.8) is 0 Å². The highest BCUT2D eigenvalue weighted by atomic mass is 19.1. The monoisotopic (exact) mass is 254 g/mol. The van der Waals surface area contributed by atoms with E-state index >= 15 is 0 Å². The van der Waals surface area contributed by atoms with Crippen LogP contribution in [-0.2, 0) is 4.74 Å². The van der Waals surface area contributed by atoms with Gasteiger partial charge in [0, 0.05) is 25.2 Å². The number of hydrogen-bond acceptors (Lipinski definition) is 4. The standard InChI is InChI=1S/C12H15FN2O3/c1-2-10-8-14(5-6-18-10)12-7-9(13)3-4-11(12)15(16)17/h3-4,7,10H,2,5-6,8H2,1H3. The first-order valence-corrected chi connectivity index (χ1v) is 5.92. The van der Waals surface area contributed by atoms with Crippen molar-refractivity contribution >= 4 is 11.4 Å². The lowest BCUT2D eigenvalue weighted by Gasteiger charge is -2.33. The zero-order valence-corrected chi connectivity index (χ0v) is 10.1. The number of morpholine rings is 1. The quantitative estimate of drug-likeness (QED) is 0.613. The summed E-state index contributed by atoms with van der Waals surface area (Å²) in [5, 5.41) is 11.0. The van der Waals surface area contributed by atoms with Gasteiger partial charge in [0.05, 0.1) is 17.6 Å². The second kappa shape index (κ2) is 5.30. The Morgan fingerprint density at radius 3 is 3.06 bits per heavy atom. The van der Waals surface area contributed by atoms with Crippen LogP contribution < -0.4 is 4.90 Å².